The van der Waals surface area contributed by atoms with Crippen molar-refractivity contribution >= 4 is 11.8 Å². The van der Waals surface area contributed by atoms with E-state index in [0.29, 0.717) is 13.0 Å². The minimum atomic E-state index is -5.08. The molecule has 15 heteroatoms. The average molecular weight is 526 g/mol. The van der Waals surface area contributed by atoms with Crippen molar-refractivity contribution in [3.8, 4) is 5.75 Å². The molecular formula is C21H19F7N3O5+. The summed E-state index contributed by atoms with van der Waals surface area (Å²) in [6.45, 7) is -2.06. The number of rotatable bonds is 6. The summed E-state index contributed by atoms with van der Waals surface area (Å²) in [7, 11) is 0. The van der Waals surface area contributed by atoms with Crippen LogP contribution in [0, 0.1) is 22.5 Å². The van der Waals surface area contributed by atoms with Gasteiger partial charge in [-0.05, 0) is 13.0 Å². The maximum atomic E-state index is 14.4. The first kappa shape index (κ1) is 27.1. The van der Waals surface area contributed by atoms with Gasteiger partial charge < -0.3 is 20.5 Å². The van der Waals surface area contributed by atoms with Crippen LogP contribution < -0.4 is 15.8 Å². The van der Waals surface area contributed by atoms with Crippen LogP contribution in [0.15, 0.2) is 36.2 Å². The lowest BCUT2D eigenvalue weighted by molar-refractivity contribution is -0.495. The number of ether oxygens (including phenoxy) is 2. The Labute approximate surface area is 198 Å². The highest BCUT2D eigenvalue weighted by atomic mass is 19.4. The molecule has 36 heavy (non-hydrogen) atoms. The molecule has 2 aliphatic rings. The Kier molecular flexibility index (Phi) is 7.17. The van der Waals surface area contributed by atoms with E-state index in [0.717, 1.165) is 31.3 Å². The van der Waals surface area contributed by atoms with Crippen LogP contribution >= 0.6 is 0 Å². The smallest absolute Gasteiger partial charge is 0.417 e. The Morgan fingerprint density at radius 2 is 1.89 bits per heavy atom. The van der Waals surface area contributed by atoms with Crippen molar-refractivity contribution in [2.24, 2.45) is 11.7 Å². The molecule has 0 saturated carbocycles. The van der Waals surface area contributed by atoms with E-state index in [-0.39, 0.29) is 10.5 Å². The van der Waals surface area contributed by atoms with Crippen LogP contribution in [-0.4, -0.2) is 47.1 Å². The largest absolute Gasteiger partial charge is 0.431 e. The second kappa shape index (κ2) is 9.52. The number of carbonyl (C=O) groups excluding carboxylic acids is 2. The number of nitrogens with two attached hydrogens (primary N) is 1. The van der Waals surface area contributed by atoms with Gasteiger partial charge in [-0.2, -0.15) is 26.3 Å². The molecule has 1 fully saturated rings. The molecule has 1 unspecified atom stereocenters. The number of nitroso groups, excluding NO2 is 1. The number of hydrogen-bond donors (Lipinski definition) is 2. The number of alkyl halides is 5. The fraction of sp³-hybridized carbons (Fsp3) is 0.429. The van der Waals surface area contributed by atoms with Crippen molar-refractivity contribution in [2.45, 2.75) is 50.3 Å². The number of benzene rings is 1. The summed E-state index contributed by atoms with van der Waals surface area (Å²) >= 11 is 0. The van der Waals surface area contributed by atoms with Gasteiger partial charge in [-0.25, -0.2) is 4.39 Å². The van der Waals surface area contributed by atoms with E-state index in [9.17, 15) is 45.2 Å². The second-order valence-corrected chi connectivity index (χ2v) is 8.25. The number of allylic oxidation sites excluding steroid dienone is 1. The third-order valence-electron chi connectivity index (χ3n) is 6.14. The van der Waals surface area contributed by atoms with E-state index < -0.39 is 77.1 Å². The molecule has 1 aromatic rings. The zero-order chi connectivity index (χ0) is 27.2. The van der Waals surface area contributed by atoms with Gasteiger partial charge in [0.25, 0.3) is 11.8 Å². The van der Waals surface area contributed by atoms with Crippen LogP contribution in [-0.2, 0) is 14.3 Å². The minimum absolute atomic E-state index is 0.158. The standard InChI is InChI=1S/C21H18F7N3O5/c1-8-13(10-3-4-11(22)14(23)15(10)35-19(24)25)16(36-20(8,2)21(26,27)28)18(33)30-9-5-6-31(34)12(7-9)17(29)32/h3-8,12-13,16,19H,1-2H3,(H2-,29,30,32,33)/p+1/t8-,12+,13-,16?,20+/m0/s1. The fourth-order valence-electron chi connectivity index (χ4n) is 4.09. The Balaban J connectivity index is 2.08. The summed E-state index contributed by atoms with van der Waals surface area (Å²) in [5.74, 6) is -10.7. The fourth-order valence-corrected chi connectivity index (χ4v) is 4.09. The molecule has 0 aliphatic carbocycles. The van der Waals surface area contributed by atoms with Crippen molar-refractivity contribution in [2.75, 3.05) is 0 Å². The predicted octanol–water partition coefficient (Wildman–Crippen LogP) is 3.17. The van der Waals surface area contributed by atoms with Crippen LogP contribution in [0.4, 0.5) is 30.7 Å². The molecule has 196 valence electrons. The van der Waals surface area contributed by atoms with Crippen molar-refractivity contribution in [1.82, 2.24) is 5.32 Å². The molecule has 3 rings (SSSR count). The molecule has 0 bridgehead atoms. The molecule has 0 aromatic heterocycles. The summed E-state index contributed by atoms with van der Waals surface area (Å²) in [6, 6.07) is -0.329. The molecule has 5 atom stereocenters. The Bertz CT molecular complexity index is 1150. The van der Waals surface area contributed by atoms with Gasteiger partial charge in [-0.3, -0.25) is 9.59 Å². The van der Waals surface area contributed by atoms with Crippen LogP contribution in [0.25, 0.3) is 0 Å². The molecule has 0 radical (unpaired) electrons. The maximum Gasteiger partial charge on any atom is 0.417 e. The van der Waals surface area contributed by atoms with Gasteiger partial charge in [0.1, 0.15) is 6.10 Å². The zero-order valence-electron chi connectivity index (χ0n) is 18.5. The number of halogens is 7. The minimum Gasteiger partial charge on any atom is -0.431 e. The Morgan fingerprint density at radius 3 is 2.44 bits per heavy atom. The lowest BCUT2D eigenvalue weighted by Crippen LogP contribution is -2.47. The van der Waals surface area contributed by atoms with Gasteiger partial charge in [0, 0.05) is 39.2 Å². The number of nitrogens with one attached hydrogen (secondary N) is 1. The van der Waals surface area contributed by atoms with Crippen molar-refractivity contribution in [3.63, 3.8) is 0 Å². The van der Waals surface area contributed by atoms with Crippen molar-refractivity contribution in [3.05, 3.63) is 58.3 Å². The molecule has 1 aromatic carbocycles. The maximum absolute atomic E-state index is 14.4. The first-order chi connectivity index (χ1) is 16.6. The summed E-state index contributed by atoms with van der Waals surface area (Å²) in [5, 5.41) is 2.17. The molecule has 0 spiro atoms. The molecule has 1 saturated heterocycles. The van der Waals surface area contributed by atoms with Gasteiger partial charge in [0.15, 0.2) is 17.2 Å². The van der Waals surface area contributed by atoms with Gasteiger partial charge in [-0.1, -0.05) is 13.0 Å². The second-order valence-electron chi connectivity index (χ2n) is 8.25. The lowest BCUT2D eigenvalue weighted by atomic mass is 9.77. The van der Waals surface area contributed by atoms with E-state index in [4.69, 9.17) is 10.5 Å². The molecule has 8 nitrogen and oxygen atoms in total. The topological polar surface area (TPSA) is 111 Å². The first-order valence-corrected chi connectivity index (χ1v) is 10.2. The predicted molar refractivity (Wildman–Crippen MR) is 106 cm³/mol. The van der Waals surface area contributed by atoms with Crippen LogP contribution in [0.3, 0.4) is 0 Å². The zero-order valence-corrected chi connectivity index (χ0v) is 18.5. The average Bonchev–Trinajstić information content (AvgIpc) is 3.04. The summed E-state index contributed by atoms with van der Waals surface area (Å²) in [6.07, 6.45) is -4.39. The normalized spacial score (nSPS) is 28.3. The van der Waals surface area contributed by atoms with E-state index in [1.807, 2.05) is 0 Å². The monoisotopic (exact) mass is 526 g/mol. The highest BCUT2D eigenvalue weighted by molar-refractivity contribution is 5.86. The van der Waals surface area contributed by atoms with Gasteiger partial charge in [0.05, 0.1) is 5.70 Å². The van der Waals surface area contributed by atoms with Crippen LogP contribution in [0.1, 0.15) is 25.3 Å². The highest BCUT2D eigenvalue weighted by Crippen LogP contribution is 2.55. The Hall–Kier alpha value is -3.49. The van der Waals surface area contributed by atoms with Gasteiger partial charge in [-0.15, -0.1) is 0 Å². The number of carbonyl (C=O) groups is 2. The lowest BCUT2D eigenvalue weighted by Gasteiger charge is -2.32. The quantitative estimate of drug-likeness (QED) is 0.437. The Morgan fingerprint density at radius 1 is 1.25 bits per heavy atom. The van der Waals surface area contributed by atoms with Crippen molar-refractivity contribution < 1.29 is 54.6 Å². The molecule has 2 aliphatic heterocycles. The molecule has 2 amide bonds. The number of amides is 2. The van der Waals surface area contributed by atoms with Gasteiger partial charge >= 0.3 is 18.8 Å². The first-order valence-electron chi connectivity index (χ1n) is 10.2. The summed E-state index contributed by atoms with van der Waals surface area (Å²) in [5.41, 5.74) is 1.20. The third-order valence-corrected chi connectivity index (χ3v) is 6.14. The summed E-state index contributed by atoms with van der Waals surface area (Å²) in [4.78, 5) is 36.1. The van der Waals surface area contributed by atoms with Gasteiger partial charge in [0.2, 0.25) is 12.0 Å². The van der Waals surface area contributed by atoms with E-state index in [2.05, 4.69) is 10.1 Å². The van der Waals surface area contributed by atoms with Crippen LogP contribution in [0.5, 0.6) is 5.75 Å². The molecule has 2 heterocycles. The molecule has 3 N–H and O–H groups in total. The number of primary amides is 1. The van der Waals surface area contributed by atoms with Crippen molar-refractivity contribution in [1.29, 1.82) is 0 Å². The third kappa shape index (κ3) is 4.79. The number of hydrogen-bond acceptors (Lipinski definition) is 5. The van der Waals surface area contributed by atoms with E-state index >= 15 is 0 Å². The van der Waals surface area contributed by atoms with E-state index in [1.54, 1.807) is 0 Å². The summed E-state index contributed by atoms with van der Waals surface area (Å²) < 4.78 is 105. The van der Waals surface area contributed by atoms with Crippen LogP contribution in [0.2, 0.25) is 0 Å². The van der Waals surface area contributed by atoms with E-state index in [1.165, 1.54) is 0 Å². The number of nitrogens with zero attached hydrogens (tertiary/aromatic N) is 1. The molecular weight excluding hydrogens is 507 g/mol. The highest BCUT2D eigenvalue weighted by Gasteiger charge is 2.66. The SMILES string of the molecule is C[C@H]1[C@@H](c2ccc(F)c(F)c2OC(F)F)C(C(=O)NC2=C[C@H](C(N)=O)[N+](=O)C=C2)O[C@@]1(C)C(F)(F)F.